The molecule has 2 saturated carbocycles. The summed E-state index contributed by atoms with van der Waals surface area (Å²) in [4.78, 5) is 2.79. The monoisotopic (exact) mass is 237 g/mol. The minimum atomic E-state index is 0.00388. The first-order valence-electron chi connectivity index (χ1n) is 7.80. The van der Waals surface area contributed by atoms with Gasteiger partial charge in [0.15, 0.2) is 0 Å². The standard InChI is InChI=1S/C15H27NO/c17-15-10-4-8-13(15)14-9-5-11-16(14)12-6-2-1-3-7-12/h12-15,17H,1-11H2. The second kappa shape index (κ2) is 5.27. The van der Waals surface area contributed by atoms with Gasteiger partial charge in [0.05, 0.1) is 6.10 Å². The summed E-state index contributed by atoms with van der Waals surface area (Å²) in [7, 11) is 0. The molecular weight excluding hydrogens is 210 g/mol. The van der Waals surface area contributed by atoms with E-state index in [1.54, 1.807) is 0 Å². The van der Waals surface area contributed by atoms with Gasteiger partial charge in [-0.3, -0.25) is 4.90 Å². The van der Waals surface area contributed by atoms with Crippen molar-refractivity contribution in [3.8, 4) is 0 Å². The zero-order valence-corrected chi connectivity index (χ0v) is 11.0. The van der Waals surface area contributed by atoms with Crippen LogP contribution in [0.25, 0.3) is 0 Å². The fourth-order valence-electron chi connectivity index (χ4n) is 4.56. The van der Waals surface area contributed by atoms with Crippen LogP contribution in [0, 0.1) is 5.92 Å². The molecule has 3 unspecified atom stereocenters. The molecule has 2 heteroatoms. The van der Waals surface area contributed by atoms with Crippen LogP contribution >= 0.6 is 0 Å². The molecule has 3 aliphatic rings. The van der Waals surface area contributed by atoms with Crippen molar-refractivity contribution < 1.29 is 5.11 Å². The van der Waals surface area contributed by atoms with Gasteiger partial charge in [0.2, 0.25) is 0 Å². The molecule has 98 valence electrons. The van der Waals surface area contributed by atoms with E-state index in [0.717, 1.165) is 18.5 Å². The Bertz CT molecular complexity index is 249. The molecule has 1 saturated heterocycles. The van der Waals surface area contributed by atoms with E-state index in [2.05, 4.69) is 4.90 Å². The lowest BCUT2D eigenvalue weighted by Gasteiger charge is -2.39. The van der Waals surface area contributed by atoms with Crippen LogP contribution in [0.1, 0.15) is 64.2 Å². The summed E-state index contributed by atoms with van der Waals surface area (Å²) in [5.41, 5.74) is 0. The Morgan fingerprint density at radius 3 is 2.29 bits per heavy atom. The van der Waals surface area contributed by atoms with Crippen LogP contribution < -0.4 is 0 Å². The third-order valence-electron chi connectivity index (χ3n) is 5.41. The molecule has 17 heavy (non-hydrogen) atoms. The van der Waals surface area contributed by atoms with Gasteiger partial charge < -0.3 is 5.11 Å². The van der Waals surface area contributed by atoms with Gasteiger partial charge in [-0.2, -0.15) is 0 Å². The summed E-state index contributed by atoms with van der Waals surface area (Å²) < 4.78 is 0. The summed E-state index contributed by atoms with van der Waals surface area (Å²) in [5, 5.41) is 10.1. The van der Waals surface area contributed by atoms with Crippen molar-refractivity contribution in [3.63, 3.8) is 0 Å². The molecule has 1 aliphatic heterocycles. The average molecular weight is 237 g/mol. The Labute approximate surface area is 105 Å². The third kappa shape index (κ3) is 2.39. The number of hydrogen-bond acceptors (Lipinski definition) is 2. The lowest BCUT2D eigenvalue weighted by atomic mass is 9.89. The molecule has 3 fully saturated rings. The molecule has 2 aliphatic carbocycles. The van der Waals surface area contributed by atoms with Crippen molar-refractivity contribution >= 4 is 0 Å². The molecule has 3 atom stereocenters. The van der Waals surface area contributed by atoms with E-state index in [4.69, 9.17) is 0 Å². The minimum Gasteiger partial charge on any atom is -0.393 e. The Hall–Kier alpha value is -0.0800. The van der Waals surface area contributed by atoms with Crippen molar-refractivity contribution in [3.05, 3.63) is 0 Å². The second-order valence-corrected chi connectivity index (χ2v) is 6.40. The molecule has 0 radical (unpaired) electrons. The summed E-state index contributed by atoms with van der Waals surface area (Å²) in [6, 6.07) is 1.57. The van der Waals surface area contributed by atoms with Gasteiger partial charge in [-0.25, -0.2) is 0 Å². The molecular formula is C15H27NO. The highest BCUT2D eigenvalue weighted by Crippen LogP contribution is 2.38. The summed E-state index contributed by atoms with van der Waals surface area (Å²) in [6.07, 6.45) is 13.4. The lowest BCUT2D eigenvalue weighted by Crippen LogP contribution is -2.45. The lowest BCUT2D eigenvalue weighted by molar-refractivity contribution is 0.0469. The van der Waals surface area contributed by atoms with Gasteiger partial charge in [-0.15, -0.1) is 0 Å². The van der Waals surface area contributed by atoms with Crippen LogP contribution in [0.3, 0.4) is 0 Å². The zero-order valence-electron chi connectivity index (χ0n) is 11.0. The molecule has 2 nitrogen and oxygen atoms in total. The summed E-state index contributed by atoms with van der Waals surface area (Å²) in [6.45, 7) is 1.30. The SMILES string of the molecule is OC1CCCC1C1CCCN1C1CCCCC1. The Morgan fingerprint density at radius 1 is 0.765 bits per heavy atom. The number of likely N-dealkylation sites (tertiary alicyclic amines) is 1. The van der Waals surface area contributed by atoms with E-state index in [9.17, 15) is 5.11 Å². The third-order valence-corrected chi connectivity index (χ3v) is 5.41. The predicted molar refractivity (Wildman–Crippen MR) is 69.9 cm³/mol. The zero-order chi connectivity index (χ0) is 11.7. The second-order valence-electron chi connectivity index (χ2n) is 6.40. The van der Waals surface area contributed by atoms with Crippen molar-refractivity contribution in [2.75, 3.05) is 6.54 Å². The van der Waals surface area contributed by atoms with Gasteiger partial charge in [0.25, 0.3) is 0 Å². The molecule has 0 aromatic carbocycles. The topological polar surface area (TPSA) is 23.5 Å². The van der Waals surface area contributed by atoms with E-state index in [1.165, 1.54) is 64.3 Å². The van der Waals surface area contributed by atoms with Gasteiger partial charge >= 0.3 is 0 Å². The maximum absolute atomic E-state index is 10.1. The van der Waals surface area contributed by atoms with Gasteiger partial charge in [-0.05, 0) is 45.1 Å². The van der Waals surface area contributed by atoms with Crippen LogP contribution in [0.5, 0.6) is 0 Å². The number of nitrogens with zero attached hydrogens (tertiary/aromatic N) is 1. The molecule has 0 spiro atoms. The van der Waals surface area contributed by atoms with Crippen LogP contribution in [0.4, 0.5) is 0 Å². The smallest absolute Gasteiger partial charge is 0.0583 e. The van der Waals surface area contributed by atoms with Crippen LogP contribution in [0.2, 0.25) is 0 Å². The highest BCUT2D eigenvalue weighted by molar-refractivity contribution is 4.94. The summed E-state index contributed by atoms with van der Waals surface area (Å²) >= 11 is 0. The van der Waals surface area contributed by atoms with Crippen molar-refractivity contribution in [2.45, 2.75) is 82.4 Å². The maximum atomic E-state index is 10.1. The van der Waals surface area contributed by atoms with E-state index >= 15 is 0 Å². The number of hydrogen-bond donors (Lipinski definition) is 1. The minimum absolute atomic E-state index is 0.00388. The van der Waals surface area contributed by atoms with E-state index < -0.39 is 0 Å². The highest BCUT2D eigenvalue weighted by atomic mass is 16.3. The molecule has 3 rings (SSSR count). The van der Waals surface area contributed by atoms with Gasteiger partial charge in [-0.1, -0.05) is 25.7 Å². The number of aliphatic hydroxyl groups excluding tert-OH is 1. The fraction of sp³-hybridized carbons (Fsp3) is 1.00. The fourth-order valence-corrected chi connectivity index (χ4v) is 4.56. The summed E-state index contributed by atoms with van der Waals surface area (Å²) in [5.74, 6) is 0.597. The Morgan fingerprint density at radius 2 is 1.59 bits per heavy atom. The van der Waals surface area contributed by atoms with E-state index in [0.29, 0.717) is 5.92 Å². The molecule has 1 heterocycles. The van der Waals surface area contributed by atoms with Crippen LogP contribution in [-0.2, 0) is 0 Å². The first-order valence-corrected chi connectivity index (χ1v) is 7.80. The van der Waals surface area contributed by atoms with Crippen LogP contribution in [-0.4, -0.2) is 34.7 Å². The van der Waals surface area contributed by atoms with Crippen molar-refractivity contribution in [2.24, 2.45) is 5.92 Å². The quantitative estimate of drug-likeness (QED) is 0.798. The maximum Gasteiger partial charge on any atom is 0.0583 e. The molecule has 0 amide bonds. The van der Waals surface area contributed by atoms with E-state index in [-0.39, 0.29) is 6.10 Å². The largest absolute Gasteiger partial charge is 0.393 e. The molecule has 0 bridgehead atoms. The number of rotatable bonds is 2. The first-order chi connectivity index (χ1) is 8.36. The van der Waals surface area contributed by atoms with Crippen molar-refractivity contribution in [1.29, 1.82) is 0 Å². The Balaban J connectivity index is 1.66. The number of aliphatic hydroxyl groups is 1. The normalized spacial score (nSPS) is 41.1. The van der Waals surface area contributed by atoms with Crippen LogP contribution in [0.15, 0.2) is 0 Å². The predicted octanol–water partition coefficient (Wildman–Crippen LogP) is 2.94. The first kappa shape index (κ1) is 12.0. The molecule has 0 aromatic rings. The van der Waals surface area contributed by atoms with Gasteiger partial charge in [0.1, 0.15) is 0 Å². The van der Waals surface area contributed by atoms with Crippen molar-refractivity contribution in [1.82, 2.24) is 4.90 Å². The average Bonchev–Trinajstić information content (AvgIpc) is 2.98. The Kier molecular flexibility index (Phi) is 3.72. The molecule has 0 aromatic heterocycles. The van der Waals surface area contributed by atoms with Gasteiger partial charge in [0, 0.05) is 18.0 Å². The highest BCUT2D eigenvalue weighted by Gasteiger charge is 2.40. The molecule has 1 N–H and O–H groups in total. The van der Waals surface area contributed by atoms with E-state index in [1.807, 2.05) is 0 Å².